The predicted molar refractivity (Wildman–Crippen MR) is 172 cm³/mol. The van der Waals surface area contributed by atoms with Crippen molar-refractivity contribution in [1.29, 1.82) is 10.5 Å². The van der Waals surface area contributed by atoms with Gasteiger partial charge in [0.2, 0.25) is 0 Å². The summed E-state index contributed by atoms with van der Waals surface area (Å²) in [6.45, 7) is 3.12. The molecule has 0 aromatic heterocycles. The molecule has 2 aromatic rings. The largest absolute Gasteiger partial charge is 0.465 e. The van der Waals surface area contributed by atoms with Gasteiger partial charge in [0.25, 0.3) is 11.4 Å². The van der Waals surface area contributed by atoms with E-state index in [2.05, 4.69) is 10.2 Å². The van der Waals surface area contributed by atoms with Crippen molar-refractivity contribution >= 4 is 46.8 Å². The molecule has 0 aliphatic rings. The highest BCUT2D eigenvalue weighted by molar-refractivity contribution is 7.98. The zero-order valence-electron chi connectivity index (χ0n) is 25.5. The molecule has 0 spiro atoms. The molecule has 244 valence electrons. The standard InChI is InChI=1S/C30H34N6O8S2/c1-29(21-31,13-11-27(37)43-15-17-45-19-23-7-3-5-9-25(23)35(39)40)33-34-30(2,22-32)14-12-28(38)44-16-18-46-20-24-8-4-6-10-26(24)36(41)42/h3-10H,11-20H2,1-2H3. The summed E-state index contributed by atoms with van der Waals surface area (Å²) in [4.78, 5) is 45.8. The van der Waals surface area contributed by atoms with Gasteiger partial charge < -0.3 is 9.47 Å². The number of esters is 2. The molecule has 46 heavy (non-hydrogen) atoms. The maximum absolute atomic E-state index is 12.2. The lowest BCUT2D eigenvalue weighted by molar-refractivity contribution is -0.385. The number of nitriles is 2. The van der Waals surface area contributed by atoms with E-state index in [4.69, 9.17) is 9.47 Å². The number of carbonyl (C=O) groups is 2. The number of nitrogens with zero attached hydrogens (tertiary/aromatic N) is 6. The summed E-state index contributed by atoms with van der Waals surface area (Å²) in [5.41, 5.74) is -1.61. The van der Waals surface area contributed by atoms with Crippen molar-refractivity contribution in [3.8, 4) is 12.1 Å². The first kappa shape index (κ1) is 37.6. The van der Waals surface area contributed by atoms with Crippen molar-refractivity contribution in [3.63, 3.8) is 0 Å². The summed E-state index contributed by atoms with van der Waals surface area (Å²) in [5.74, 6) is 0.530. The van der Waals surface area contributed by atoms with Crippen molar-refractivity contribution in [2.75, 3.05) is 24.7 Å². The number of nitro groups is 2. The zero-order valence-corrected chi connectivity index (χ0v) is 27.1. The Kier molecular flexibility index (Phi) is 15.6. The van der Waals surface area contributed by atoms with Gasteiger partial charge in [-0.1, -0.05) is 36.4 Å². The van der Waals surface area contributed by atoms with E-state index in [9.17, 15) is 40.3 Å². The molecule has 0 heterocycles. The SMILES string of the molecule is CC(C#N)(CCC(=O)OCCSCc1ccccc1[N+](=O)[O-])N=NC(C)(C#N)CCC(=O)OCCSCc1ccccc1[N+](=O)[O-]. The number of benzene rings is 2. The summed E-state index contributed by atoms with van der Waals surface area (Å²) in [6.07, 6.45) is -0.267. The van der Waals surface area contributed by atoms with Crippen LogP contribution >= 0.6 is 23.5 Å². The summed E-state index contributed by atoms with van der Waals surface area (Å²) in [5, 5.41) is 49.6. The van der Waals surface area contributed by atoms with Crippen LogP contribution in [0.3, 0.4) is 0 Å². The van der Waals surface area contributed by atoms with Crippen LogP contribution in [0.25, 0.3) is 0 Å². The van der Waals surface area contributed by atoms with Gasteiger partial charge in [0, 0.05) is 59.1 Å². The first-order chi connectivity index (χ1) is 21.9. The quantitative estimate of drug-likeness (QED) is 0.0497. The monoisotopic (exact) mass is 670 g/mol. The van der Waals surface area contributed by atoms with Crippen molar-refractivity contribution in [3.05, 3.63) is 79.9 Å². The second-order valence-electron chi connectivity index (χ2n) is 10.3. The van der Waals surface area contributed by atoms with Crippen molar-refractivity contribution in [2.24, 2.45) is 10.2 Å². The van der Waals surface area contributed by atoms with Crippen LogP contribution in [0.4, 0.5) is 11.4 Å². The van der Waals surface area contributed by atoms with Gasteiger partial charge in [0.05, 0.1) is 22.0 Å². The maximum Gasteiger partial charge on any atom is 0.305 e. The molecule has 0 fully saturated rings. The average Bonchev–Trinajstić information content (AvgIpc) is 3.05. The van der Waals surface area contributed by atoms with Crippen LogP contribution in [0.15, 0.2) is 58.8 Å². The fourth-order valence-electron chi connectivity index (χ4n) is 3.73. The van der Waals surface area contributed by atoms with Gasteiger partial charge in [-0.05, 0) is 26.7 Å². The van der Waals surface area contributed by atoms with E-state index in [-0.39, 0.29) is 50.3 Å². The Hall–Kier alpha value is -4.54. The van der Waals surface area contributed by atoms with Gasteiger partial charge in [-0.2, -0.15) is 44.3 Å². The second-order valence-corrected chi connectivity index (χ2v) is 12.5. The van der Waals surface area contributed by atoms with E-state index >= 15 is 0 Å². The van der Waals surface area contributed by atoms with E-state index in [0.29, 0.717) is 34.1 Å². The van der Waals surface area contributed by atoms with Crippen LogP contribution in [0.5, 0.6) is 0 Å². The minimum atomic E-state index is -1.41. The molecule has 14 nitrogen and oxygen atoms in total. The fourth-order valence-corrected chi connectivity index (χ4v) is 5.35. The Labute approximate surface area is 274 Å². The second kappa shape index (κ2) is 19.1. The Balaban J connectivity index is 1.71. The van der Waals surface area contributed by atoms with Crippen LogP contribution in [0.2, 0.25) is 0 Å². The van der Waals surface area contributed by atoms with E-state index in [1.807, 2.05) is 12.1 Å². The van der Waals surface area contributed by atoms with E-state index in [1.54, 1.807) is 36.4 Å². The van der Waals surface area contributed by atoms with Crippen molar-refractivity contribution in [1.82, 2.24) is 0 Å². The number of hydrogen-bond donors (Lipinski definition) is 0. The highest BCUT2D eigenvalue weighted by atomic mass is 32.2. The predicted octanol–water partition coefficient (Wildman–Crippen LogP) is 6.33. The lowest BCUT2D eigenvalue weighted by Crippen LogP contribution is -2.25. The van der Waals surface area contributed by atoms with E-state index < -0.39 is 32.9 Å². The Bertz CT molecular complexity index is 1380. The zero-order chi connectivity index (χ0) is 34.0. The number of thioether (sulfide) groups is 2. The number of rotatable bonds is 20. The van der Waals surface area contributed by atoms with Crippen molar-refractivity contribution in [2.45, 2.75) is 62.1 Å². The molecule has 0 amide bonds. The number of azo groups is 1. The Morgan fingerprint density at radius 1 is 0.761 bits per heavy atom. The molecule has 2 rings (SSSR count). The normalized spacial score (nSPS) is 13.5. The molecule has 2 aromatic carbocycles. The average molecular weight is 671 g/mol. The molecule has 0 saturated heterocycles. The van der Waals surface area contributed by atoms with Gasteiger partial charge >= 0.3 is 11.9 Å². The minimum absolute atomic E-state index is 0.0114. The Morgan fingerprint density at radius 3 is 1.48 bits per heavy atom. The maximum atomic E-state index is 12.2. The van der Waals surface area contributed by atoms with Crippen molar-refractivity contribution < 1.29 is 28.9 Å². The highest BCUT2D eigenvalue weighted by Gasteiger charge is 2.30. The number of carbonyl (C=O) groups excluding carboxylic acids is 2. The summed E-state index contributed by atoms with van der Waals surface area (Å²) < 4.78 is 10.4. The fraction of sp³-hybridized carbons (Fsp3) is 0.467. The molecular formula is C30H34N6O8S2. The van der Waals surface area contributed by atoms with Gasteiger partial charge in [-0.25, -0.2) is 0 Å². The molecule has 0 aliphatic carbocycles. The molecule has 0 saturated carbocycles. The number of hydrogen-bond acceptors (Lipinski definition) is 14. The van der Waals surface area contributed by atoms with Gasteiger partial charge in [-0.15, -0.1) is 0 Å². The number of ether oxygens (including phenoxy) is 2. The summed E-state index contributed by atoms with van der Waals surface area (Å²) in [7, 11) is 0. The summed E-state index contributed by atoms with van der Waals surface area (Å²) in [6, 6.07) is 16.8. The molecule has 2 unspecified atom stereocenters. The minimum Gasteiger partial charge on any atom is -0.465 e. The molecule has 0 N–H and O–H groups in total. The molecule has 0 radical (unpaired) electrons. The lowest BCUT2D eigenvalue weighted by atomic mass is 9.97. The molecular weight excluding hydrogens is 636 g/mol. The van der Waals surface area contributed by atoms with Gasteiger partial charge in [-0.3, -0.25) is 29.8 Å². The highest BCUT2D eigenvalue weighted by Crippen LogP contribution is 2.26. The topological polar surface area (TPSA) is 211 Å². The van der Waals surface area contributed by atoms with Crippen LogP contribution < -0.4 is 0 Å². The molecule has 2 atom stereocenters. The third-order valence-electron chi connectivity index (χ3n) is 6.48. The Morgan fingerprint density at radius 2 is 1.13 bits per heavy atom. The van der Waals surface area contributed by atoms with Crippen LogP contribution in [0.1, 0.15) is 50.7 Å². The third kappa shape index (κ3) is 13.2. The van der Waals surface area contributed by atoms with E-state index in [0.717, 1.165) is 0 Å². The molecule has 16 heteroatoms. The third-order valence-corrected chi connectivity index (χ3v) is 8.42. The van der Waals surface area contributed by atoms with E-state index in [1.165, 1.54) is 49.5 Å². The smallest absolute Gasteiger partial charge is 0.305 e. The van der Waals surface area contributed by atoms with Gasteiger partial charge in [0.15, 0.2) is 11.1 Å². The van der Waals surface area contributed by atoms with Crippen LogP contribution in [-0.2, 0) is 30.6 Å². The molecule has 0 bridgehead atoms. The molecule has 0 aliphatic heterocycles. The first-order valence-corrected chi connectivity index (χ1v) is 16.4. The van der Waals surface area contributed by atoms with Crippen LogP contribution in [-0.4, -0.2) is 57.6 Å². The number of para-hydroxylation sites is 2. The number of nitro benzene ring substituents is 2. The summed E-state index contributed by atoms with van der Waals surface area (Å²) >= 11 is 2.76. The first-order valence-electron chi connectivity index (χ1n) is 14.1. The lowest BCUT2D eigenvalue weighted by Gasteiger charge is -2.19. The van der Waals surface area contributed by atoms with Gasteiger partial charge in [0.1, 0.15) is 13.2 Å². The van der Waals surface area contributed by atoms with Crippen LogP contribution in [0, 0.1) is 42.9 Å².